The highest BCUT2D eigenvalue weighted by Gasteiger charge is 2.52. The van der Waals surface area contributed by atoms with Crippen LogP contribution < -0.4 is 26.4 Å². The highest BCUT2D eigenvalue weighted by atomic mass is 19.2. The predicted molar refractivity (Wildman–Crippen MR) is 248 cm³/mol. The van der Waals surface area contributed by atoms with Crippen molar-refractivity contribution in [3.8, 4) is 11.3 Å². The molecule has 0 radical (unpaired) electrons. The summed E-state index contributed by atoms with van der Waals surface area (Å²) in [6.07, 6.45) is -7.22. The molecule has 0 atom stereocenters. The van der Waals surface area contributed by atoms with Crippen molar-refractivity contribution < 1.29 is 92.4 Å². The first kappa shape index (κ1) is 52.7. The van der Waals surface area contributed by atoms with Gasteiger partial charge in [0.15, 0.2) is 76.4 Å². The van der Waals surface area contributed by atoms with Gasteiger partial charge in [-0.1, -0.05) is 91.0 Å². The first-order valence-corrected chi connectivity index (χ1v) is 22.4. The molecule has 10 aromatic carbocycles. The summed E-state index contributed by atoms with van der Waals surface area (Å²) in [5, 5.41) is 9.21. The molecule has 1 aromatic heterocycles. The lowest BCUT2D eigenvalue weighted by atomic mass is 9.12. The number of hydrogen-bond donors (Lipinski definition) is 0. The van der Waals surface area contributed by atoms with E-state index in [-0.39, 0.29) is 0 Å². The number of hydrogen-bond acceptors (Lipinski definition) is 0. The first-order valence-electron chi connectivity index (χ1n) is 22.4. The molecule has 1 heterocycles. The summed E-state index contributed by atoms with van der Waals surface area (Å²) in [6.45, 7) is 0.833. The SMILES string of the molecule is Fc1c(F)c(F)c([B-](c2c(F)c(F)c(F)c(F)c2F)(c2c(F)c(F)c(F)c(F)c2F)c2c(F)c(F)c(F)c(F)c2F)c(F)c1F.c1ccc(C[n+]2c(-c3ccc4ccc5cccc6ccc3c4c56)ccc3ccccc32)cc1. The topological polar surface area (TPSA) is 3.88 Å². The van der Waals surface area contributed by atoms with Crippen molar-refractivity contribution in [1.82, 2.24) is 0 Å². The number of para-hydroxylation sites is 1. The van der Waals surface area contributed by atoms with Crippen LogP contribution in [-0.4, -0.2) is 6.15 Å². The van der Waals surface area contributed by atoms with Gasteiger partial charge in [-0.2, -0.15) is 4.57 Å². The lowest BCUT2D eigenvalue weighted by molar-refractivity contribution is -0.651. The van der Waals surface area contributed by atoms with Gasteiger partial charge in [0.05, 0.1) is 5.56 Å². The average Bonchev–Trinajstić information content (AvgIpc) is 3.06. The van der Waals surface area contributed by atoms with E-state index in [1.54, 1.807) is 0 Å². The van der Waals surface area contributed by atoms with E-state index in [1.165, 1.54) is 60.0 Å². The van der Waals surface area contributed by atoms with Crippen LogP contribution in [0.25, 0.3) is 54.5 Å². The summed E-state index contributed by atoms with van der Waals surface area (Å²) in [6, 6.07) is 44.2. The van der Waals surface area contributed by atoms with Crippen LogP contribution in [0.3, 0.4) is 0 Å². The van der Waals surface area contributed by atoms with Crippen molar-refractivity contribution in [2.75, 3.05) is 0 Å². The zero-order chi connectivity index (χ0) is 56.1. The third-order valence-electron chi connectivity index (χ3n) is 13.6. The zero-order valence-electron chi connectivity index (χ0n) is 38.3. The molecule has 0 fully saturated rings. The standard InChI is InChI=1S/C32H22N.C24BF20/c1-2-7-22(8-3-1)21-33-29-12-5-4-9-23(29)17-20-30(33)27-18-15-26-14-13-24-10-6-11-25-16-19-28(27)32(26)31(24)25;26-5-1(6(27)14(35)21(42)13(5)34)25(2-7(28)15(36)22(43)16(37)8(2)29,3-9(30)17(38)23(44)18(39)10(3)31)4-11(32)19(40)24(45)20(41)12(4)33/h1-20H,21H2;/q+1;-1. The normalized spacial score (nSPS) is 11.9. The van der Waals surface area contributed by atoms with Crippen LogP contribution >= 0.6 is 0 Å². The monoisotopic (exact) mass is 1100 g/mol. The quantitative estimate of drug-likeness (QED) is 0.0374. The number of nitrogens with zero attached hydrogens (tertiary/aromatic N) is 1. The molecule has 78 heavy (non-hydrogen) atoms. The van der Waals surface area contributed by atoms with Gasteiger partial charge in [-0.15, -0.1) is 21.9 Å². The van der Waals surface area contributed by atoms with Crippen LogP contribution in [0.1, 0.15) is 5.56 Å². The maximum absolute atomic E-state index is 15.4. The first-order chi connectivity index (χ1) is 37.1. The molecule has 0 amide bonds. The van der Waals surface area contributed by atoms with Crippen LogP contribution in [0.2, 0.25) is 0 Å². The van der Waals surface area contributed by atoms with Crippen LogP contribution in [0.4, 0.5) is 87.8 Å². The number of benzene rings is 10. The van der Waals surface area contributed by atoms with Gasteiger partial charge < -0.3 is 0 Å². The highest BCUT2D eigenvalue weighted by molar-refractivity contribution is 7.20. The van der Waals surface area contributed by atoms with Gasteiger partial charge in [-0.05, 0) is 50.5 Å². The second kappa shape index (κ2) is 19.4. The average molecular weight is 1100 g/mol. The number of rotatable bonds is 7. The Labute approximate surface area is 423 Å². The van der Waals surface area contributed by atoms with Gasteiger partial charge in [-0.25, -0.2) is 87.8 Å². The summed E-state index contributed by atoms with van der Waals surface area (Å²) in [7, 11) is 0. The van der Waals surface area contributed by atoms with Crippen LogP contribution in [0, 0.1) is 116 Å². The second-order valence-corrected chi connectivity index (χ2v) is 17.6. The Morgan fingerprint density at radius 1 is 0.269 bits per heavy atom. The van der Waals surface area contributed by atoms with E-state index in [1.807, 2.05) is 0 Å². The minimum atomic E-state index is -7.22. The molecule has 22 heteroatoms. The van der Waals surface area contributed by atoms with Crippen molar-refractivity contribution in [3.05, 3.63) is 243 Å². The minimum Gasteiger partial charge on any atom is -0.207 e. The van der Waals surface area contributed by atoms with Crippen LogP contribution in [0.5, 0.6) is 0 Å². The van der Waals surface area contributed by atoms with Crippen molar-refractivity contribution in [3.63, 3.8) is 0 Å². The van der Waals surface area contributed by atoms with E-state index in [4.69, 9.17) is 0 Å². The van der Waals surface area contributed by atoms with E-state index >= 15 is 35.1 Å². The Kier molecular flexibility index (Phi) is 13.1. The Morgan fingerprint density at radius 2 is 0.590 bits per heavy atom. The Hall–Kier alpha value is -8.69. The maximum atomic E-state index is 15.4. The Bertz CT molecular complexity index is 3910. The van der Waals surface area contributed by atoms with E-state index in [2.05, 4.69) is 126 Å². The van der Waals surface area contributed by atoms with Gasteiger partial charge in [0.1, 0.15) is 52.7 Å². The Balaban J connectivity index is 0.000000184. The molecule has 0 bridgehead atoms. The lowest BCUT2D eigenvalue weighted by Gasteiger charge is -2.44. The van der Waals surface area contributed by atoms with E-state index in [0.29, 0.717) is 0 Å². The molecular formula is C56H22BF20N. The summed E-state index contributed by atoms with van der Waals surface area (Å²) < 4.78 is 296. The molecule has 0 saturated heterocycles. The fraction of sp³-hybridized carbons (Fsp3) is 0.0179. The molecule has 0 spiro atoms. The molecule has 11 rings (SSSR count). The number of aromatic nitrogens is 1. The molecule has 0 aliphatic rings. The van der Waals surface area contributed by atoms with Crippen molar-refractivity contribution in [2.24, 2.45) is 0 Å². The Morgan fingerprint density at radius 3 is 1.01 bits per heavy atom. The molecule has 0 N–H and O–H groups in total. The van der Waals surface area contributed by atoms with Crippen molar-refractivity contribution in [2.45, 2.75) is 6.54 Å². The summed E-state index contributed by atoms with van der Waals surface area (Å²) in [5.74, 6) is -71.4. The number of fused-ring (bicyclic) bond motifs is 1. The largest absolute Gasteiger partial charge is 0.213 e. The third-order valence-corrected chi connectivity index (χ3v) is 13.6. The molecule has 1 nitrogen and oxygen atoms in total. The van der Waals surface area contributed by atoms with Gasteiger partial charge >= 0.3 is 0 Å². The molecular weight excluding hydrogens is 1080 g/mol. The molecule has 394 valence electrons. The van der Waals surface area contributed by atoms with Crippen molar-refractivity contribution in [1.29, 1.82) is 0 Å². The summed E-state index contributed by atoms with van der Waals surface area (Å²) in [4.78, 5) is 0. The zero-order valence-corrected chi connectivity index (χ0v) is 38.3. The van der Waals surface area contributed by atoms with E-state index < -0.39 is 144 Å². The molecule has 0 aliphatic heterocycles. The van der Waals surface area contributed by atoms with Crippen LogP contribution in [-0.2, 0) is 6.54 Å². The lowest BCUT2D eigenvalue weighted by Crippen LogP contribution is -2.81. The fourth-order valence-electron chi connectivity index (χ4n) is 10.3. The molecule has 0 unspecified atom stereocenters. The molecule has 0 saturated carbocycles. The highest BCUT2D eigenvalue weighted by Crippen LogP contribution is 2.39. The molecule has 0 aliphatic carbocycles. The van der Waals surface area contributed by atoms with Gasteiger partial charge in [0.2, 0.25) is 11.2 Å². The van der Waals surface area contributed by atoms with Crippen LogP contribution in [0.15, 0.2) is 121 Å². The fourth-order valence-corrected chi connectivity index (χ4v) is 10.3. The van der Waals surface area contributed by atoms with Crippen molar-refractivity contribution >= 4 is 71.2 Å². The van der Waals surface area contributed by atoms with Gasteiger partial charge in [0.25, 0.3) is 0 Å². The molecule has 11 aromatic rings. The minimum absolute atomic E-state index is 0.833. The predicted octanol–water partition coefficient (Wildman–Crippen LogP) is 13.6. The third kappa shape index (κ3) is 7.68. The smallest absolute Gasteiger partial charge is 0.207 e. The van der Waals surface area contributed by atoms with Gasteiger partial charge in [-0.3, -0.25) is 0 Å². The van der Waals surface area contributed by atoms with E-state index in [9.17, 15) is 52.7 Å². The summed E-state index contributed by atoms with van der Waals surface area (Å²) >= 11 is 0. The summed E-state index contributed by atoms with van der Waals surface area (Å²) in [5.41, 5.74) is -9.25. The maximum Gasteiger partial charge on any atom is 0.213 e. The van der Waals surface area contributed by atoms with Gasteiger partial charge in [0, 0.05) is 23.1 Å². The second-order valence-electron chi connectivity index (χ2n) is 17.6. The number of pyridine rings is 1. The number of halogens is 20. The van der Waals surface area contributed by atoms with E-state index in [0.717, 1.165) is 6.54 Å².